The quantitative estimate of drug-likeness (QED) is 0.0187. The highest BCUT2D eigenvalue weighted by Crippen LogP contribution is 2.16. The summed E-state index contributed by atoms with van der Waals surface area (Å²) in [5, 5.41) is 43.2. The number of ether oxygens (including phenoxy) is 1. The molecule has 0 aliphatic heterocycles. The third-order valence-corrected chi connectivity index (χ3v) is 13.0. The Bertz CT molecular complexity index is 1060. The van der Waals surface area contributed by atoms with Crippen LogP contribution in [0.2, 0.25) is 0 Å². The van der Waals surface area contributed by atoms with Crippen LogP contribution in [0, 0.1) is 0 Å². The maximum atomic E-state index is 12.6. The van der Waals surface area contributed by atoms with Gasteiger partial charge in [-0.1, -0.05) is 263 Å². The molecule has 9 heteroatoms. The number of benzene rings is 1. The van der Waals surface area contributed by atoms with Crippen LogP contribution in [0.5, 0.6) is 0 Å². The molecule has 9 nitrogen and oxygen atoms in total. The van der Waals surface area contributed by atoms with Crippen LogP contribution in [-0.4, -0.2) is 93.4 Å². The van der Waals surface area contributed by atoms with Gasteiger partial charge in [0.15, 0.2) is 0 Å². The van der Waals surface area contributed by atoms with E-state index in [1.165, 1.54) is 167 Å². The summed E-state index contributed by atoms with van der Waals surface area (Å²) in [5.41, 5.74) is 0.955. The number of aliphatic hydroxyl groups excluding tert-OH is 4. The van der Waals surface area contributed by atoms with Gasteiger partial charge in [0.05, 0.1) is 31.0 Å². The first-order valence-corrected chi connectivity index (χ1v) is 28.3. The van der Waals surface area contributed by atoms with Crippen molar-refractivity contribution in [3.8, 4) is 0 Å². The van der Waals surface area contributed by atoms with Crippen molar-refractivity contribution in [3.63, 3.8) is 0 Å². The number of nitrogens with two attached hydrogens (primary N) is 1. The van der Waals surface area contributed by atoms with Gasteiger partial charge in [0.25, 0.3) is 0 Å². The maximum Gasteiger partial charge on any atom is 0.320 e. The predicted molar refractivity (Wildman–Crippen MR) is 281 cm³/mol. The highest BCUT2D eigenvalue weighted by Gasteiger charge is 2.20. The van der Waals surface area contributed by atoms with Gasteiger partial charge in [0, 0.05) is 26.2 Å². The third-order valence-electron chi connectivity index (χ3n) is 13.0. The van der Waals surface area contributed by atoms with Gasteiger partial charge in [-0.25, -0.2) is 5.01 Å². The van der Waals surface area contributed by atoms with Crippen LogP contribution in [0.3, 0.4) is 0 Å². The van der Waals surface area contributed by atoms with Gasteiger partial charge >= 0.3 is 5.97 Å². The van der Waals surface area contributed by atoms with Gasteiger partial charge in [-0.2, -0.15) is 0 Å². The Morgan fingerprint density at radius 3 is 1.02 bits per heavy atom. The first kappa shape index (κ1) is 64.4. The normalized spacial score (nSPS) is 13.4. The van der Waals surface area contributed by atoms with Crippen LogP contribution in [0.1, 0.15) is 264 Å². The lowest BCUT2D eigenvalue weighted by Gasteiger charge is -2.26. The number of unbranched alkanes of at least 4 members (excludes halogenated alkanes) is 28. The number of hydrogen-bond acceptors (Lipinski definition) is 9. The van der Waals surface area contributed by atoms with E-state index in [4.69, 9.17) is 10.6 Å². The fourth-order valence-corrected chi connectivity index (χ4v) is 8.80. The molecule has 0 heterocycles. The van der Waals surface area contributed by atoms with Crippen LogP contribution in [0.4, 0.5) is 0 Å². The number of hydrazine groups is 1. The molecule has 1 rings (SSSR count). The maximum absolute atomic E-state index is 12.6. The molecule has 66 heavy (non-hydrogen) atoms. The number of aliphatic hydroxyl groups is 4. The van der Waals surface area contributed by atoms with Gasteiger partial charge in [0.1, 0.15) is 6.61 Å². The van der Waals surface area contributed by atoms with E-state index in [0.29, 0.717) is 26.2 Å². The number of esters is 1. The van der Waals surface area contributed by atoms with Crippen molar-refractivity contribution in [2.24, 2.45) is 5.84 Å². The van der Waals surface area contributed by atoms with Crippen molar-refractivity contribution in [2.45, 2.75) is 290 Å². The van der Waals surface area contributed by atoms with Gasteiger partial charge in [-0.05, 0) is 31.2 Å². The summed E-state index contributed by atoms with van der Waals surface area (Å²) in [6, 6.07) is 9.67. The van der Waals surface area contributed by atoms with E-state index in [1.54, 1.807) is 5.01 Å². The molecule has 0 amide bonds. The van der Waals surface area contributed by atoms with E-state index in [1.807, 2.05) is 35.2 Å². The second-order valence-electron chi connectivity index (χ2n) is 20.0. The van der Waals surface area contributed by atoms with Gasteiger partial charge in [0.2, 0.25) is 0 Å². The van der Waals surface area contributed by atoms with Crippen molar-refractivity contribution < 1.29 is 30.0 Å². The topological polar surface area (TPSA) is 140 Å². The van der Waals surface area contributed by atoms with E-state index in [2.05, 4.69) is 27.7 Å². The molecule has 0 saturated carbocycles. The number of rotatable bonds is 48. The van der Waals surface area contributed by atoms with Crippen LogP contribution in [0.15, 0.2) is 30.3 Å². The molecular formula is C57H111N3O6. The Kier molecular flexibility index (Phi) is 48.6. The van der Waals surface area contributed by atoms with Crippen LogP contribution >= 0.6 is 0 Å². The van der Waals surface area contributed by atoms with E-state index < -0.39 is 12.2 Å². The summed E-state index contributed by atoms with van der Waals surface area (Å²) >= 11 is 0. The molecule has 0 radical (unpaired) electrons. The Hall–Kier alpha value is -1.59. The van der Waals surface area contributed by atoms with Crippen molar-refractivity contribution in [3.05, 3.63) is 35.9 Å². The van der Waals surface area contributed by atoms with Crippen LogP contribution in [-0.2, 0) is 16.1 Å². The zero-order chi connectivity index (χ0) is 48.6. The molecule has 1 aromatic rings. The summed E-state index contributed by atoms with van der Waals surface area (Å²) in [6.45, 7) is 11.0. The monoisotopic (exact) mass is 934 g/mol. The minimum absolute atomic E-state index is 0.0931. The molecular weight excluding hydrogens is 823 g/mol. The Morgan fingerprint density at radius 1 is 0.439 bits per heavy atom. The lowest BCUT2D eigenvalue weighted by Crippen LogP contribution is -2.42. The Labute approximate surface area is 408 Å². The molecule has 0 saturated heterocycles. The lowest BCUT2D eigenvalue weighted by atomic mass is 10.0. The van der Waals surface area contributed by atoms with Crippen molar-refractivity contribution >= 4 is 5.97 Å². The summed E-state index contributed by atoms with van der Waals surface area (Å²) in [4.78, 5) is 14.5. The summed E-state index contributed by atoms with van der Waals surface area (Å²) in [5.74, 6) is 5.67. The lowest BCUT2D eigenvalue weighted by molar-refractivity contribution is -0.147. The van der Waals surface area contributed by atoms with E-state index >= 15 is 0 Å². The highest BCUT2D eigenvalue weighted by atomic mass is 16.5. The van der Waals surface area contributed by atoms with Crippen LogP contribution < -0.4 is 5.84 Å². The van der Waals surface area contributed by atoms with Crippen molar-refractivity contribution in [1.29, 1.82) is 0 Å². The van der Waals surface area contributed by atoms with E-state index in [9.17, 15) is 25.2 Å². The minimum Gasteiger partial charge on any atom is -0.460 e. The van der Waals surface area contributed by atoms with Gasteiger partial charge in [-0.15, -0.1) is 0 Å². The molecule has 390 valence electrons. The zero-order valence-corrected chi connectivity index (χ0v) is 44.0. The molecule has 0 bridgehead atoms. The number of nitrogens with zero attached hydrogens (tertiary/aromatic N) is 2. The summed E-state index contributed by atoms with van der Waals surface area (Å²) in [6.07, 6.45) is 41.6. The summed E-state index contributed by atoms with van der Waals surface area (Å²) in [7, 11) is 0. The fourth-order valence-electron chi connectivity index (χ4n) is 8.80. The fraction of sp³-hybridized carbons (Fsp3) is 0.877. The van der Waals surface area contributed by atoms with E-state index in [0.717, 1.165) is 69.8 Å². The second kappa shape index (κ2) is 49.8. The first-order valence-electron chi connectivity index (χ1n) is 28.3. The molecule has 0 spiro atoms. The van der Waals surface area contributed by atoms with Crippen LogP contribution in [0.25, 0.3) is 0 Å². The van der Waals surface area contributed by atoms with Crippen molar-refractivity contribution in [2.75, 3.05) is 32.7 Å². The Morgan fingerprint density at radius 2 is 0.712 bits per heavy atom. The molecule has 0 aliphatic carbocycles. The van der Waals surface area contributed by atoms with Gasteiger partial charge in [-0.3, -0.25) is 15.5 Å². The average Bonchev–Trinajstić information content (AvgIpc) is 3.29. The molecule has 1 aromatic carbocycles. The molecule has 6 N–H and O–H groups in total. The standard InChI is InChI=1S/C33H59NO4.C24H52N2O2/c1-3-5-7-9-11-13-15-20-24-31(35)26-34(28-33(37)38-29-30-22-18-17-19-23-30)27-32(36)25-21-16-14-12-10-8-6-4-2;1-3-5-7-9-11-13-15-17-19-23(27)21-26(25)22-24(28)20-18-16-14-12-10-8-6-4-2/h17-19,22-23,31-32,35-36H,3-16,20-21,24-29H2,1-2H3;23-24,27-28H,3-22,25H2,1-2H3. The third kappa shape index (κ3) is 46.2. The number of carbonyl (C=O) groups excluding carboxylic acids is 1. The molecule has 0 aliphatic rings. The van der Waals surface area contributed by atoms with Crippen molar-refractivity contribution in [1.82, 2.24) is 9.91 Å². The van der Waals surface area contributed by atoms with Gasteiger partial charge < -0.3 is 25.2 Å². The average molecular weight is 935 g/mol. The minimum atomic E-state index is -0.493. The number of hydrogen-bond donors (Lipinski definition) is 5. The molecule has 0 fully saturated rings. The largest absolute Gasteiger partial charge is 0.460 e. The predicted octanol–water partition coefficient (Wildman–Crippen LogP) is 13.8. The molecule has 0 aromatic heterocycles. The molecule has 4 atom stereocenters. The first-order chi connectivity index (χ1) is 32.1. The SMILES string of the molecule is CCCCCCCCCCC(O)CN(CC(=O)OCc1ccccc1)CC(O)CCCCCCCCCC.CCCCCCCCCCC(O)CN(N)CC(O)CCCCCCCCCC. The Balaban J connectivity index is 0.00000134. The smallest absolute Gasteiger partial charge is 0.320 e. The summed E-state index contributed by atoms with van der Waals surface area (Å²) < 4.78 is 5.48. The second-order valence-corrected chi connectivity index (χ2v) is 20.0. The zero-order valence-electron chi connectivity index (χ0n) is 44.0. The van der Waals surface area contributed by atoms with E-state index in [-0.39, 0.29) is 31.3 Å². The highest BCUT2D eigenvalue weighted by molar-refractivity contribution is 5.71. The number of carbonyl (C=O) groups is 1. The molecule has 4 unspecified atom stereocenters.